The first-order chi connectivity index (χ1) is 8.93. The van der Waals surface area contributed by atoms with Crippen molar-refractivity contribution in [1.82, 2.24) is 0 Å². The van der Waals surface area contributed by atoms with Crippen LogP contribution in [-0.4, -0.2) is 6.79 Å². The molecule has 0 N–H and O–H groups in total. The van der Waals surface area contributed by atoms with Gasteiger partial charge in [0.15, 0.2) is 5.76 Å². The van der Waals surface area contributed by atoms with Crippen LogP contribution in [0.1, 0.15) is 16.7 Å². The van der Waals surface area contributed by atoms with Gasteiger partial charge in [0.25, 0.3) is 0 Å². The van der Waals surface area contributed by atoms with Crippen LogP contribution in [0.5, 0.6) is 0 Å². The lowest BCUT2D eigenvalue weighted by molar-refractivity contribution is 0.100. The van der Waals surface area contributed by atoms with Gasteiger partial charge in [0, 0.05) is 5.56 Å². The van der Waals surface area contributed by atoms with E-state index in [1.807, 2.05) is 12.1 Å². The minimum atomic E-state index is 0.314. The van der Waals surface area contributed by atoms with Crippen LogP contribution < -0.4 is 0 Å². The number of hydrogen-bond donors (Lipinski definition) is 0. The van der Waals surface area contributed by atoms with Crippen molar-refractivity contribution < 1.29 is 9.47 Å². The molecule has 0 radical (unpaired) electrons. The second-order valence-corrected chi connectivity index (χ2v) is 4.23. The summed E-state index contributed by atoms with van der Waals surface area (Å²) in [4.78, 5) is 0. The summed E-state index contributed by atoms with van der Waals surface area (Å²) in [5, 5.41) is 0. The van der Waals surface area contributed by atoms with Crippen LogP contribution >= 0.6 is 0 Å². The van der Waals surface area contributed by atoms with Crippen LogP contribution in [0.25, 0.3) is 5.76 Å². The summed E-state index contributed by atoms with van der Waals surface area (Å²) in [6, 6.07) is 18.7. The third-order valence-electron chi connectivity index (χ3n) is 2.99. The Balaban J connectivity index is 1.92. The maximum absolute atomic E-state index is 5.46. The zero-order chi connectivity index (χ0) is 12.2. The summed E-state index contributed by atoms with van der Waals surface area (Å²) >= 11 is 0. The first kappa shape index (κ1) is 10.9. The van der Waals surface area contributed by atoms with E-state index in [0.717, 1.165) is 17.7 Å². The minimum absolute atomic E-state index is 0.314. The SMILES string of the molecule is C1=C(c2ccccc2Cc2ccccc2)OCO1. The molecule has 0 unspecified atom stereocenters. The van der Waals surface area contributed by atoms with Crippen LogP contribution in [0.3, 0.4) is 0 Å². The molecule has 0 amide bonds. The Hall–Kier alpha value is -2.22. The maximum Gasteiger partial charge on any atom is 0.230 e. The molecule has 0 aromatic heterocycles. The fourth-order valence-corrected chi connectivity index (χ4v) is 2.11. The molecule has 0 atom stereocenters. The van der Waals surface area contributed by atoms with Gasteiger partial charge < -0.3 is 9.47 Å². The molecule has 0 fully saturated rings. The first-order valence-electron chi connectivity index (χ1n) is 6.00. The summed E-state index contributed by atoms with van der Waals surface area (Å²) in [7, 11) is 0. The smallest absolute Gasteiger partial charge is 0.230 e. The van der Waals surface area contributed by atoms with Crippen molar-refractivity contribution in [1.29, 1.82) is 0 Å². The number of ether oxygens (including phenoxy) is 2. The third kappa shape index (κ3) is 2.23. The lowest BCUT2D eigenvalue weighted by atomic mass is 9.99. The highest BCUT2D eigenvalue weighted by Gasteiger charge is 2.13. The Labute approximate surface area is 106 Å². The van der Waals surface area contributed by atoms with E-state index >= 15 is 0 Å². The minimum Gasteiger partial charge on any atom is -0.461 e. The molecule has 1 aliphatic rings. The largest absolute Gasteiger partial charge is 0.461 e. The van der Waals surface area contributed by atoms with Gasteiger partial charge in [0.2, 0.25) is 6.79 Å². The molecule has 0 aliphatic carbocycles. The lowest BCUT2D eigenvalue weighted by Gasteiger charge is -2.09. The lowest BCUT2D eigenvalue weighted by Crippen LogP contribution is -1.95. The zero-order valence-electron chi connectivity index (χ0n) is 10.0. The van der Waals surface area contributed by atoms with Crippen molar-refractivity contribution in [2.75, 3.05) is 6.79 Å². The van der Waals surface area contributed by atoms with Gasteiger partial charge in [-0.15, -0.1) is 0 Å². The molecule has 3 rings (SSSR count). The fourth-order valence-electron chi connectivity index (χ4n) is 2.11. The molecular weight excluding hydrogens is 224 g/mol. The van der Waals surface area contributed by atoms with E-state index in [4.69, 9.17) is 9.47 Å². The number of benzene rings is 2. The predicted molar refractivity (Wildman–Crippen MR) is 70.7 cm³/mol. The van der Waals surface area contributed by atoms with E-state index in [2.05, 4.69) is 42.5 Å². The Morgan fingerprint density at radius 1 is 0.889 bits per heavy atom. The Morgan fingerprint density at radius 2 is 1.67 bits per heavy atom. The number of rotatable bonds is 3. The van der Waals surface area contributed by atoms with Gasteiger partial charge in [-0.3, -0.25) is 0 Å². The topological polar surface area (TPSA) is 18.5 Å². The van der Waals surface area contributed by atoms with E-state index < -0.39 is 0 Å². The average molecular weight is 238 g/mol. The molecule has 0 saturated heterocycles. The van der Waals surface area contributed by atoms with Crippen molar-refractivity contribution in [3.63, 3.8) is 0 Å². The Kier molecular flexibility index (Phi) is 3.01. The maximum atomic E-state index is 5.46. The van der Waals surface area contributed by atoms with E-state index in [-0.39, 0.29) is 0 Å². The average Bonchev–Trinajstić information content (AvgIpc) is 2.94. The molecular formula is C16H14O2. The zero-order valence-corrected chi connectivity index (χ0v) is 10.0. The monoisotopic (exact) mass is 238 g/mol. The van der Waals surface area contributed by atoms with E-state index in [0.29, 0.717) is 6.79 Å². The molecule has 1 heterocycles. The molecule has 2 aromatic rings. The van der Waals surface area contributed by atoms with Gasteiger partial charge in [-0.2, -0.15) is 0 Å². The van der Waals surface area contributed by atoms with Gasteiger partial charge >= 0.3 is 0 Å². The molecule has 2 nitrogen and oxygen atoms in total. The fraction of sp³-hybridized carbons (Fsp3) is 0.125. The molecule has 1 aliphatic heterocycles. The summed E-state index contributed by atoms with van der Waals surface area (Å²) in [5.41, 5.74) is 3.66. The van der Waals surface area contributed by atoms with Crippen LogP contribution in [0, 0.1) is 0 Å². The predicted octanol–water partition coefficient (Wildman–Crippen LogP) is 3.58. The quantitative estimate of drug-likeness (QED) is 0.813. The molecule has 18 heavy (non-hydrogen) atoms. The van der Waals surface area contributed by atoms with Crippen LogP contribution in [-0.2, 0) is 15.9 Å². The van der Waals surface area contributed by atoms with Gasteiger partial charge in [-0.25, -0.2) is 0 Å². The summed E-state index contributed by atoms with van der Waals surface area (Å²) in [6.45, 7) is 0.314. The normalized spacial score (nSPS) is 13.7. The summed E-state index contributed by atoms with van der Waals surface area (Å²) in [6.07, 6.45) is 2.58. The molecule has 2 heteroatoms. The van der Waals surface area contributed by atoms with Crippen LogP contribution in [0.15, 0.2) is 60.9 Å². The van der Waals surface area contributed by atoms with Crippen molar-refractivity contribution >= 4 is 5.76 Å². The second kappa shape index (κ2) is 4.96. The number of hydrogen-bond acceptors (Lipinski definition) is 2. The van der Waals surface area contributed by atoms with Gasteiger partial charge in [0.1, 0.15) is 6.26 Å². The first-order valence-corrected chi connectivity index (χ1v) is 6.00. The Morgan fingerprint density at radius 3 is 2.44 bits per heavy atom. The standard InChI is InChI=1S/C16H14O2/c1-2-6-13(7-3-1)10-14-8-4-5-9-15(14)16-11-17-12-18-16/h1-9,11H,10,12H2. The highest BCUT2D eigenvalue weighted by atomic mass is 16.7. The van der Waals surface area contributed by atoms with Crippen molar-refractivity contribution in [3.8, 4) is 0 Å². The van der Waals surface area contributed by atoms with Gasteiger partial charge in [0.05, 0.1) is 0 Å². The van der Waals surface area contributed by atoms with Crippen LogP contribution in [0.2, 0.25) is 0 Å². The van der Waals surface area contributed by atoms with Crippen LogP contribution in [0.4, 0.5) is 0 Å². The molecule has 90 valence electrons. The Bertz CT molecular complexity index is 558. The van der Waals surface area contributed by atoms with E-state index in [1.54, 1.807) is 6.26 Å². The highest BCUT2D eigenvalue weighted by Crippen LogP contribution is 2.25. The van der Waals surface area contributed by atoms with Gasteiger partial charge in [-0.05, 0) is 17.5 Å². The third-order valence-corrected chi connectivity index (χ3v) is 2.99. The van der Waals surface area contributed by atoms with Crippen molar-refractivity contribution in [2.45, 2.75) is 6.42 Å². The molecule has 0 bridgehead atoms. The van der Waals surface area contributed by atoms with E-state index in [1.165, 1.54) is 11.1 Å². The molecule has 0 saturated carbocycles. The van der Waals surface area contributed by atoms with Crippen molar-refractivity contribution in [2.24, 2.45) is 0 Å². The molecule has 2 aromatic carbocycles. The van der Waals surface area contributed by atoms with E-state index in [9.17, 15) is 0 Å². The van der Waals surface area contributed by atoms with Crippen molar-refractivity contribution in [3.05, 3.63) is 77.5 Å². The second-order valence-electron chi connectivity index (χ2n) is 4.23. The summed E-state index contributed by atoms with van der Waals surface area (Å²) in [5.74, 6) is 0.821. The van der Waals surface area contributed by atoms with Gasteiger partial charge in [-0.1, -0.05) is 54.6 Å². The highest BCUT2D eigenvalue weighted by molar-refractivity contribution is 5.63. The summed E-state index contributed by atoms with van der Waals surface area (Å²) < 4.78 is 10.6. The molecule has 0 spiro atoms.